The van der Waals surface area contributed by atoms with E-state index in [2.05, 4.69) is 26.1 Å². The van der Waals surface area contributed by atoms with Gasteiger partial charge in [-0.2, -0.15) is 0 Å². The van der Waals surface area contributed by atoms with Gasteiger partial charge in [0.2, 0.25) is 5.91 Å². The van der Waals surface area contributed by atoms with Crippen molar-refractivity contribution >= 4 is 34.7 Å². The van der Waals surface area contributed by atoms with Gasteiger partial charge in [-0.15, -0.1) is 0 Å². The van der Waals surface area contributed by atoms with E-state index in [9.17, 15) is 34.2 Å². The van der Waals surface area contributed by atoms with Gasteiger partial charge in [-0.3, -0.25) is 28.9 Å². The molecule has 3 aliphatic carbocycles. The van der Waals surface area contributed by atoms with E-state index in [0.717, 1.165) is 0 Å². The van der Waals surface area contributed by atoms with E-state index in [0.29, 0.717) is 23.4 Å². The second kappa shape index (κ2) is 9.96. The number of Topliss-reactive ketones (excluding diaryl/α,β-unsaturated/α-hetero) is 4. The fraction of sp³-hybridized carbons (Fsp3) is 0.645. The zero-order valence-electron chi connectivity index (χ0n) is 26.0. The number of nitrogens with zero attached hydrogens (tertiary/aromatic N) is 2. The first-order chi connectivity index (χ1) is 19.1. The Balaban J connectivity index is 1.92. The first kappa shape index (κ1) is 31.8. The van der Waals surface area contributed by atoms with E-state index < -0.39 is 63.3 Å². The molecule has 1 aromatic rings. The number of phenolic OH excluding ortho intramolecular Hbond substituents is 1. The Morgan fingerprint density at radius 2 is 1.69 bits per heavy atom. The van der Waals surface area contributed by atoms with Crippen LogP contribution in [0.1, 0.15) is 62.5 Å². The van der Waals surface area contributed by atoms with Crippen molar-refractivity contribution < 1.29 is 34.2 Å². The van der Waals surface area contributed by atoms with Crippen molar-refractivity contribution in [3.05, 3.63) is 22.8 Å². The van der Waals surface area contributed by atoms with Crippen molar-refractivity contribution in [3.63, 3.8) is 0 Å². The average molecular weight is 585 g/mol. The maximum Gasteiger partial charge on any atom is 0.235 e. The lowest BCUT2D eigenvalue weighted by Crippen LogP contribution is -2.79. The first-order valence-corrected chi connectivity index (χ1v) is 14.2. The molecule has 2 unspecified atom stereocenters. The molecule has 11 nitrogen and oxygen atoms in total. The first-order valence-electron chi connectivity index (χ1n) is 14.2. The van der Waals surface area contributed by atoms with Gasteiger partial charge in [0.25, 0.3) is 0 Å². The standard InChI is InChI=1S/C31H44N4O7/c1-28(2,3)14-33-12-15-10-17(34(6)7)16-11-29(4)13-30(5)24(35(8)9)23(38)19(27(32)41)25(39)31(30,42)26(40)20(29)22(37)18(16)21(15)36/h10,19-20,24,33,36,42H,11-14H2,1-9H3,(H2,32,41)/t19?,20?,24-,29+,30+,31-/m1/s1. The molecule has 230 valence electrons. The molecule has 1 amide bonds. The van der Waals surface area contributed by atoms with E-state index in [1.807, 2.05) is 25.1 Å². The summed E-state index contributed by atoms with van der Waals surface area (Å²) in [6.45, 7) is 10.4. The average Bonchev–Trinajstić information content (AvgIpc) is 2.81. The van der Waals surface area contributed by atoms with Crippen LogP contribution in [0.5, 0.6) is 5.75 Å². The van der Waals surface area contributed by atoms with Gasteiger partial charge in [-0.1, -0.05) is 34.6 Å². The Hall–Kier alpha value is -3.15. The highest BCUT2D eigenvalue weighted by molar-refractivity contribution is 6.33. The van der Waals surface area contributed by atoms with Crippen LogP contribution in [0.2, 0.25) is 0 Å². The molecule has 0 aromatic heterocycles. The van der Waals surface area contributed by atoms with Gasteiger partial charge >= 0.3 is 0 Å². The summed E-state index contributed by atoms with van der Waals surface area (Å²) in [6, 6.07) is 0.631. The van der Waals surface area contributed by atoms with Gasteiger partial charge in [0.15, 0.2) is 34.7 Å². The van der Waals surface area contributed by atoms with Crippen LogP contribution in [0, 0.1) is 28.1 Å². The minimum Gasteiger partial charge on any atom is -0.507 e. The summed E-state index contributed by atoms with van der Waals surface area (Å²) in [6.07, 6.45) is 0.126. The Labute approximate surface area is 246 Å². The van der Waals surface area contributed by atoms with Gasteiger partial charge in [0.1, 0.15) is 5.75 Å². The Morgan fingerprint density at radius 3 is 2.19 bits per heavy atom. The molecule has 4 rings (SSSR count). The number of likely N-dealkylation sites (N-methyl/N-ethyl adjacent to an activating group) is 1. The summed E-state index contributed by atoms with van der Waals surface area (Å²) in [5.74, 6) is -8.84. The van der Waals surface area contributed by atoms with Gasteiger partial charge in [-0.05, 0) is 49.4 Å². The SMILES string of the molecule is CN(C)c1cc(CNCC(C)(C)C)c(O)c2c1C[C@@]1(C)C[C@@]3(C)[C@H](N(C)C)C(=O)C(C(N)=O)C(=O)[C@@]3(O)C(=O)C1C2=O. The summed E-state index contributed by atoms with van der Waals surface area (Å²) >= 11 is 0. The fourth-order valence-electron chi connectivity index (χ4n) is 7.93. The van der Waals surface area contributed by atoms with Crippen molar-refractivity contribution in [1.82, 2.24) is 10.2 Å². The number of carbonyl (C=O) groups excluding carboxylic acids is 5. The van der Waals surface area contributed by atoms with Crippen LogP contribution in [0.4, 0.5) is 5.69 Å². The molecule has 3 aliphatic rings. The minimum absolute atomic E-state index is 0.00766. The monoisotopic (exact) mass is 584 g/mol. The van der Waals surface area contributed by atoms with E-state index in [1.165, 1.54) is 11.8 Å². The van der Waals surface area contributed by atoms with Crippen molar-refractivity contribution in [1.29, 1.82) is 0 Å². The number of hydrogen-bond acceptors (Lipinski definition) is 10. The van der Waals surface area contributed by atoms with Crippen LogP contribution in [0.25, 0.3) is 0 Å². The van der Waals surface area contributed by atoms with Crippen LogP contribution < -0.4 is 16.0 Å². The molecular weight excluding hydrogens is 540 g/mol. The quantitative estimate of drug-likeness (QED) is 0.352. The normalized spacial score (nSPS) is 32.9. The molecule has 0 heterocycles. The van der Waals surface area contributed by atoms with E-state index in [-0.39, 0.29) is 36.1 Å². The van der Waals surface area contributed by atoms with Crippen molar-refractivity contribution in [2.75, 3.05) is 39.6 Å². The lowest BCUT2D eigenvalue weighted by atomic mass is 9.42. The van der Waals surface area contributed by atoms with E-state index >= 15 is 0 Å². The summed E-state index contributed by atoms with van der Waals surface area (Å²) in [4.78, 5) is 71.7. The summed E-state index contributed by atoms with van der Waals surface area (Å²) in [5.41, 5.74) is 1.57. The van der Waals surface area contributed by atoms with E-state index in [4.69, 9.17) is 5.73 Å². The largest absolute Gasteiger partial charge is 0.507 e. The smallest absolute Gasteiger partial charge is 0.235 e. The molecule has 0 aliphatic heterocycles. The number of benzene rings is 1. The van der Waals surface area contributed by atoms with E-state index in [1.54, 1.807) is 21.0 Å². The molecule has 0 bridgehead atoms. The summed E-state index contributed by atoms with van der Waals surface area (Å²) in [5, 5.41) is 26.8. The second-order valence-electron chi connectivity index (χ2n) is 14.6. The third-order valence-corrected chi connectivity index (χ3v) is 9.50. The van der Waals surface area contributed by atoms with Gasteiger partial charge in [0.05, 0.1) is 17.5 Å². The van der Waals surface area contributed by atoms with Crippen LogP contribution in [0.3, 0.4) is 0 Å². The number of nitrogens with one attached hydrogen (secondary N) is 1. The number of aromatic hydroxyl groups is 1. The lowest BCUT2D eigenvalue weighted by Gasteiger charge is -2.61. The molecule has 11 heteroatoms. The number of fused-ring (bicyclic) bond motifs is 3. The maximum atomic E-state index is 14.4. The molecule has 2 saturated carbocycles. The highest BCUT2D eigenvalue weighted by Crippen LogP contribution is 2.62. The molecular formula is C31H44N4O7. The van der Waals surface area contributed by atoms with Crippen molar-refractivity contribution in [2.24, 2.45) is 33.8 Å². The molecule has 1 aromatic carbocycles. The number of anilines is 1. The lowest BCUT2D eigenvalue weighted by molar-refractivity contribution is -0.203. The summed E-state index contributed by atoms with van der Waals surface area (Å²) in [7, 11) is 6.79. The molecule has 2 fully saturated rings. The molecule has 6 atom stereocenters. The zero-order chi connectivity index (χ0) is 31.9. The van der Waals surface area contributed by atoms with Gasteiger partial charge in [-0.25, -0.2) is 0 Å². The van der Waals surface area contributed by atoms with Crippen LogP contribution in [-0.2, 0) is 32.1 Å². The molecule has 0 spiro atoms. The van der Waals surface area contributed by atoms with Crippen LogP contribution >= 0.6 is 0 Å². The number of carbonyl (C=O) groups is 5. The number of ketones is 4. The second-order valence-corrected chi connectivity index (χ2v) is 14.6. The predicted molar refractivity (Wildman–Crippen MR) is 156 cm³/mol. The summed E-state index contributed by atoms with van der Waals surface area (Å²) < 4.78 is 0. The Morgan fingerprint density at radius 1 is 1.10 bits per heavy atom. The molecule has 42 heavy (non-hydrogen) atoms. The molecule has 0 saturated heterocycles. The third-order valence-electron chi connectivity index (χ3n) is 9.50. The molecule has 0 radical (unpaired) electrons. The highest BCUT2D eigenvalue weighted by Gasteiger charge is 2.76. The Bertz CT molecular complexity index is 1400. The predicted octanol–water partition coefficient (Wildman–Crippen LogP) is 0.849. The maximum absolute atomic E-state index is 14.4. The zero-order valence-corrected chi connectivity index (χ0v) is 26.0. The van der Waals surface area contributed by atoms with Crippen molar-refractivity contribution in [3.8, 4) is 5.75 Å². The number of primary amides is 1. The van der Waals surface area contributed by atoms with Crippen LogP contribution in [-0.4, -0.2) is 90.5 Å². The minimum atomic E-state index is -2.82. The van der Waals surface area contributed by atoms with Gasteiger partial charge < -0.3 is 26.2 Å². The number of aliphatic hydroxyl groups is 1. The third kappa shape index (κ3) is 4.39. The number of phenols is 1. The number of hydrogen-bond donors (Lipinski definition) is 4. The highest BCUT2D eigenvalue weighted by atomic mass is 16.3. The van der Waals surface area contributed by atoms with Crippen molar-refractivity contribution in [2.45, 2.75) is 65.6 Å². The molecule has 5 N–H and O–H groups in total. The number of amides is 1. The van der Waals surface area contributed by atoms with Gasteiger partial charge in [0, 0.05) is 43.9 Å². The number of rotatable bonds is 6. The number of nitrogens with two attached hydrogens (primary N) is 1. The Kier molecular flexibility index (Phi) is 7.53. The topological polar surface area (TPSA) is 170 Å². The fourth-order valence-corrected chi connectivity index (χ4v) is 7.93. The van der Waals surface area contributed by atoms with Crippen LogP contribution in [0.15, 0.2) is 6.07 Å².